The van der Waals surface area contributed by atoms with Crippen LogP contribution in [0.2, 0.25) is 0 Å². The van der Waals surface area contributed by atoms with Gasteiger partial charge in [0, 0.05) is 23.2 Å². The van der Waals surface area contributed by atoms with E-state index in [2.05, 4.69) is 20.7 Å². The third-order valence-corrected chi connectivity index (χ3v) is 5.66. The number of sulfonamides is 1. The Labute approximate surface area is 132 Å². The number of nitrogens with zero attached hydrogens (tertiary/aromatic N) is 1. The molecule has 1 unspecified atom stereocenters. The third kappa shape index (κ3) is 3.75. The number of nitrogens with one attached hydrogen (secondary N) is 1. The van der Waals surface area contributed by atoms with Gasteiger partial charge in [0.25, 0.3) is 0 Å². The van der Waals surface area contributed by atoms with Crippen molar-refractivity contribution in [3.05, 3.63) is 22.7 Å². The molecule has 6 nitrogen and oxygen atoms in total. The van der Waals surface area contributed by atoms with Crippen molar-refractivity contribution in [1.29, 1.82) is 0 Å². The van der Waals surface area contributed by atoms with E-state index in [1.54, 1.807) is 17.9 Å². The fourth-order valence-electron chi connectivity index (χ4n) is 2.25. The predicted octanol–water partition coefficient (Wildman–Crippen LogP) is 1.32. The van der Waals surface area contributed by atoms with Crippen molar-refractivity contribution in [2.75, 3.05) is 18.8 Å². The second kappa shape index (κ2) is 6.33. The highest BCUT2D eigenvalue weighted by atomic mass is 79.9. The molecule has 1 atom stereocenters. The molecule has 0 saturated carbocycles. The van der Waals surface area contributed by atoms with Crippen molar-refractivity contribution in [3.8, 4) is 0 Å². The van der Waals surface area contributed by atoms with Crippen LogP contribution >= 0.6 is 15.9 Å². The molecule has 0 aliphatic carbocycles. The summed E-state index contributed by atoms with van der Waals surface area (Å²) in [4.78, 5) is 13.9. The predicted molar refractivity (Wildman–Crippen MR) is 84.2 cm³/mol. The van der Waals surface area contributed by atoms with E-state index in [0.29, 0.717) is 23.2 Å². The number of nitrogens with two attached hydrogens (primary N) is 1. The minimum atomic E-state index is -3.77. The Morgan fingerprint density at radius 1 is 1.38 bits per heavy atom. The largest absolute Gasteiger partial charge is 0.398 e. The second-order valence-corrected chi connectivity index (χ2v) is 7.63. The first-order valence-corrected chi connectivity index (χ1v) is 8.95. The van der Waals surface area contributed by atoms with Gasteiger partial charge in [-0.05, 0) is 53.9 Å². The van der Waals surface area contributed by atoms with Crippen LogP contribution in [0.5, 0.6) is 0 Å². The topological polar surface area (TPSA) is 92.5 Å². The lowest BCUT2D eigenvalue weighted by Crippen LogP contribution is -2.45. The average molecular weight is 376 g/mol. The minimum absolute atomic E-state index is 0.0456. The monoisotopic (exact) mass is 375 g/mol. The zero-order chi connectivity index (χ0) is 15.6. The van der Waals surface area contributed by atoms with E-state index in [0.717, 1.165) is 12.8 Å². The lowest BCUT2D eigenvalue weighted by atomic mass is 10.3. The van der Waals surface area contributed by atoms with Gasteiger partial charge >= 0.3 is 0 Å². The van der Waals surface area contributed by atoms with Crippen LogP contribution in [0.3, 0.4) is 0 Å². The average Bonchev–Trinajstić information content (AvgIpc) is 2.94. The molecule has 21 heavy (non-hydrogen) atoms. The van der Waals surface area contributed by atoms with Gasteiger partial charge in [0.05, 0.1) is 10.9 Å². The number of amides is 1. The van der Waals surface area contributed by atoms with E-state index in [1.165, 1.54) is 12.1 Å². The second-order valence-electron chi connectivity index (χ2n) is 5.06. The minimum Gasteiger partial charge on any atom is -0.398 e. The maximum atomic E-state index is 12.3. The van der Waals surface area contributed by atoms with Gasteiger partial charge < -0.3 is 10.6 Å². The number of hydrogen-bond donors (Lipinski definition) is 2. The lowest BCUT2D eigenvalue weighted by Gasteiger charge is -2.21. The number of carbonyl (C=O) groups excluding carboxylic acids is 1. The smallest absolute Gasteiger partial charge is 0.241 e. The van der Waals surface area contributed by atoms with E-state index in [-0.39, 0.29) is 10.8 Å². The van der Waals surface area contributed by atoms with Gasteiger partial charge in [-0.3, -0.25) is 4.79 Å². The summed E-state index contributed by atoms with van der Waals surface area (Å²) in [6, 6.07) is 3.57. The van der Waals surface area contributed by atoms with Crippen LogP contribution < -0.4 is 10.5 Å². The molecule has 1 aromatic rings. The van der Waals surface area contributed by atoms with Gasteiger partial charge in [-0.15, -0.1) is 0 Å². The zero-order valence-corrected chi connectivity index (χ0v) is 14.1. The molecule has 0 aromatic heterocycles. The van der Waals surface area contributed by atoms with E-state index >= 15 is 0 Å². The Bertz CT molecular complexity index is 642. The molecule has 3 N–H and O–H groups in total. The van der Waals surface area contributed by atoms with Crippen LogP contribution in [-0.2, 0) is 14.8 Å². The van der Waals surface area contributed by atoms with Crippen LogP contribution in [-0.4, -0.2) is 38.4 Å². The van der Waals surface area contributed by atoms with Crippen LogP contribution in [0.25, 0.3) is 0 Å². The summed E-state index contributed by atoms with van der Waals surface area (Å²) in [6.07, 6.45) is 1.93. The molecule has 116 valence electrons. The van der Waals surface area contributed by atoms with E-state index in [9.17, 15) is 13.2 Å². The van der Waals surface area contributed by atoms with E-state index < -0.39 is 16.1 Å². The first-order chi connectivity index (χ1) is 9.81. The van der Waals surface area contributed by atoms with Gasteiger partial charge in [0.1, 0.15) is 0 Å². The third-order valence-electron chi connectivity index (χ3n) is 3.40. The Morgan fingerprint density at radius 3 is 2.57 bits per heavy atom. The molecule has 1 aromatic carbocycles. The molecular weight excluding hydrogens is 358 g/mol. The highest BCUT2D eigenvalue weighted by molar-refractivity contribution is 9.10. The number of anilines is 1. The van der Waals surface area contributed by atoms with Crippen LogP contribution in [0.4, 0.5) is 5.69 Å². The molecule has 1 saturated heterocycles. The normalized spacial score (nSPS) is 17.0. The number of rotatable bonds is 4. The number of halogens is 1. The Morgan fingerprint density at radius 2 is 2.00 bits per heavy atom. The summed E-state index contributed by atoms with van der Waals surface area (Å²) < 4.78 is 27.6. The van der Waals surface area contributed by atoms with Crippen molar-refractivity contribution < 1.29 is 13.2 Å². The Hall–Kier alpha value is -1.12. The van der Waals surface area contributed by atoms with Gasteiger partial charge in [-0.1, -0.05) is 0 Å². The molecule has 2 rings (SSSR count). The number of nitrogen functional groups attached to an aromatic ring is 1. The summed E-state index contributed by atoms with van der Waals surface area (Å²) in [5.41, 5.74) is 6.02. The number of hydrogen-bond acceptors (Lipinski definition) is 4. The summed E-state index contributed by atoms with van der Waals surface area (Å²) in [5, 5.41) is 0. The highest BCUT2D eigenvalue weighted by Crippen LogP contribution is 2.23. The lowest BCUT2D eigenvalue weighted by molar-refractivity contribution is -0.131. The summed E-state index contributed by atoms with van der Waals surface area (Å²) >= 11 is 3.21. The molecule has 1 heterocycles. The fourth-order valence-corrected chi connectivity index (χ4v) is 3.73. The summed E-state index contributed by atoms with van der Waals surface area (Å²) in [6.45, 7) is 2.94. The maximum Gasteiger partial charge on any atom is 0.241 e. The molecule has 0 radical (unpaired) electrons. The molecule has 8 heteroatoms. The zero-order valence-electron chi connectivity index (χ0n) is 11.7. The molecule has 1 aliphatic heterocycles. The van der Waals surface area contributed by atoms with Crippen LogP contribution in [0, 0.1) is 0 Å². The molecule has 1 fully saturated rings. The van der Waals surface area contributed by atoms with Crippen LogP contribution in [0.15, 0.2) is 27.6 Å². The van der Waals surface area contributed by atoms with Crippen molar-refractivity contribution in [1.82, 2.24) is 9.62 Å². The number of carbonyl (C=O) groups is 1. The van der Waals surface area contributed by atoms with Crippen LogP contribution in [0.1, 0.15) is 19.8 Å². The summed E-state index contributed by atoms with van der Waals surface area (Å²) in [5.74, 6) is -0.193. The maximum absolute atomic E-state index is 12.3. The number of likely N-dealkylation sites (tertiary alicyclic amines) is 1. The Balaban J connectivity index is 2.12. The summed E-state index contributed by atoms with van der Waals surface area (Å²) in [7, 11) is -3.77. The first kappa shape index (κ1) is 16.3. The van der Waals surface area contributed by atoms with Gasteiger partial charge in [0.15, 0.2) is 0 Å². The quantitative estimate of drug-likeness (QED) is 0.776. The SMILES string of the molecule is CC(NS(=O)(=O)c1ccc(Br)c(N)c1)C(=O)N1CCCC1. The van der Waals surface area contributed by atoms with E-state index in [1.807, 2.05) is 0 Å². The standard InChI is InChI=1S/C13H18BrN3O3S/c1-9(13(18)17-6-2-3-7-17)16-21(19,20)10-4-5-11(14)12(15)8-10/h4-5,8-9,16H,2-3,6-7,15H2,1H3. The molecule has 0 spiro atoms. The van der Waals surface area contributed by atoms with Gasteiger partial charge in [-0.2, -0.15) is 4.72 Å². The van der Waals surface area contributed by atoms with Crippen molar-refractivity contribution >= 4 is 37.5 Å². The first-order valence-electron chi connectivity index (χ1n) is 6.67. The van der Waals surface area contributed by atoms with Crippen molar-refractivity contribution in [3.63, 3.8) is 0 Å². The van der Waals surface area contributed by atoms with Crippen molar-refractivity contribution in [2.24, 2.45) is 0 Å². The molecular formula is C13H18BrN3O3S. The molecule has 1 aliphatic rings. The highest BCUT2D eigenvalue weighted by Gasteiger charge is 2.27. The number of benzene rings is 1. The van der Waals surface area contributed by atoms with E-state index in [4.69, 9.17) is 5.73 Å². The molecule has 0 bridgehead atoms. The van der Waals surface area contributed by atoms with Gasteiger partial charge in [0.2, 0.25) is 15.9 Å². The molecule has 1 amide bonds. The fraction of sp³-hybridized carbons (Fsp3) is 0.462. The van der Waals surface area contributed by atoms with Gasteiger partial charge in [-0.25, -0.2) is 8.42 Å². The Kier molecular flexibility index (Phi) is 4.90. The van der Waals surface area contributed by atoms with Crippen molar-refractivity contribution in [2.45, 2.75) is 30.7 Å².